The van der Waals surface area contributed by atoms with Gasteiger partial charge in [-0.05, 0) is 44.6 Å². The van der Waals surface area contributed by atoms with Gasteiger partial charge in [0, 0.05) is 102 Å². The van der Waals surface area contributed by atoms with Crippen LogP contribution in [-0.2, 0) is 0 Å². The Hall–Kier alpha value is 6.26. The van der Waals surface area contributed by atoms with E-state index >= 15 is 0 Å². The summed E-state index contributed by atoms with van der Waals surface area (Å²) in [6.07, 6.45) is 16.3. The fraction of sp³-hybridized carbons (Fsp3) is 0.321. The van der Waals surface area contributed by atoms with E-state index in [-0.39, 0.29) is 5.92 Å². The Morgan fingerprint density at radius 2 is 0.591 bits per heavy atom. The first-order chi connectivity index (χ1) is 43.5. The zero-order valence-electron chi connectivity index (χ0n) is 44.5. The number of allylic oxidation sites excluding steroid dienone is 11. The molecule has 0 radical (unpaired) electrons. The summed E-state index contributed by atoms with van der Waals surface area (Å²) in [5.74, 6) is 14.9. The van der Waals surface area contributed by atoms with Gasteiger partial charge in [0.1, 0.15) is 0 Å². The standard InChI is InChI=1S/C56H36S32/c1-2-20-24(28-16-66-42-46(70-28)86-54(82-42)50-75-35-36(76-50)60-8-7-59-35)14-26(30-18-68-44-48(72-30)88-56(84-44)52-79-39-40(80-52)64-12-11-63-39)22-4-3-21-25(29-17-67-43-47(71-29)87-55(83-43)51-77-37-38(78-51)62-10-9-61-37)13-23(19(1)31(21)32(20)22)27-15-65-41-45(69-27)85-53(81-41)49-73-33-34(74-49)58-6-5-57-33/h1-4,13-14,23,27-30,32H,5-12,15-18H2. The molecule has 32 heteroatoms. The van der Waals surface area contributed by atoms with Crippen LogP contribution in [0, 0.1) is 11.8 Å². The summed E-state index contributed by atoms with van der Waals surface area (Å²) in [6, 6.07) is 0. The van der Waals surface area contributed by atoms with Crippen LogP contribution in [0.25, 0.3) is 0 Å². The maximum Gasteiger partial charge on any atom is 0.0717 e. The summed E-state index contributed by atoms with van der Waals surface area (Å²) in [6.45, 7) is 0. The summed E-state index contributed by atoms with van der Waals surface area (Å²) in [4.78, 5) is 0. The molecular weight excluding hydrogens is 1700 g/mol. The molecule has 0 spiro atoms. The Morgan fingerprint density at radius 1 is 0.261 bits per heavy atom. The van der Waals surface area contributed by atoms with E-state index in [0.29, 0.717) is 26.9 Å². The molecule has 20 rings (SSSR count). The minimum absolute atomic E-state index is 0.232. The largest absolute Gasteiger partial charge is 0.116 e. The van der Waals surface area contributed by atoms with Crippen LogP contribution < -0.4 is 0 Å². The topological polar surface area (TPSA) is 0 Å². The van der Waals surface area contributed by atoms with Gasteiger partial charge in [0.05, 0.1) is 102 Å². The quantitative estimate of drug-likeness (QED) is 0.262. The van der Waals surface area contributed by atoms with E-state index in [1.165, 1.54) is 79.9 Å². The monoisotopic (exact) mass is 1730 g/mol. The van der Waals surface area contributed by atoms with E-state index in [2.05, 4.69) is 413 Å². The van der Waals surface area contributed by atoms with Crippen molar-refractivity contribution in [3.05, 3.63) is 183 Å². The molecule has 16 heterocycles. The second-order valence-electron chi connectivity index (χ2n) is 20.5. The second kappa shape index (κ2) is 27.4. The molecule has 0 amide bonds. The van der Waals surface area contributed by atoms with Crippen LogP contribution in [0.2, 0.25) is 0 Å². The highest BCUT2D eigenvalue weighted by Gasteiger charge is 2.50. The van der Waals surface area contributed by atoms with Gasteiger partial charge in [-0.3, -0.25) is 0 Å². The fourth-order valence-electron chi connectivity index (χ4n) is 11.8. The fourth-order valence-corrected chi connectivity index (χ4v) is 62.5. The average Bonchev–Trinajstić information content (AvgIpc) is 1.08. The van der Waals surface area contributed by atoms with Crippen molar-refractivity contribution in [2.75, 3.05) is 69.0 Å². The van der Waals surface area contributed by atoms with Gasteiger partial charge in [0.15, 0.2) is 0 Å². The first-order valence-corrected chi connectivity index (χ1v) is 55.9. The minimum Gasteiger partial charge on any atom is -0.116 e. The molecule has 6 unspecified atom stereocenters. The van der Waals surface area contributed by atoms with Crippen LogP contribution in [0.4, 0.5) is 0 Å². The molecular formula is C56H36S32. The Labute approximate surface area is 650 Å². The predicted octanol–water partition coefficient (Wildman–Crippen LogP) is 27.8. The summed E-state index contributed by atoms with van der Waals surface area (Å²) >= 11 is 67.3. The van der Waals surface area contributed by atoms with Crippen LogP contribution in [0.3, 0.4) is 0 Å². The molecule has 0 N–H and O–H groups in total. The van der Waals surface area contributed by atoms with Crippen molar-refractivity contribution in [3.63, 3.8) is 0 Å². The van der Waals surface area contributed by atoms with Crippen LogP contribution in [0.1, 0.15) is 0 Å². The van der Waals surface area contributed by atoms with E-state index in [0.717, 1.165) is 23.0 Å². The first kappa shape index (κ1) is 63.9. The predicted molar refractivity (Wildman–Crippen MR) is 463 cm³/mol. The second-order valence-corrected chi connectivity index (χ2v) is 60.9. The zero-order chi connectivity index (χ0) is 57.3. The lowest BCUT2D eigenvalue weighted by atomic mass is 9.62. The van der Waals surface area contributed by atoms with E-state index in [9.17, 15) is 0 Å². The van der Waals surface area contributed by atoms with E-state index < -0.39 is 0 Å². The lowest BCUT2D eigenvalue weighted by Gasteiger charge is -2.46. The van der Waals surface area contributed by atoms with Gasteiger partial charge in [-0.15, -0.1) is 188 Å². The molecule has 4 aliphatic carbocycles. The maximum absolute atomic E-state index is 2.86. The highest BCUT2D eigenvalue weighted by Crippen LogP contribution is 2.75. The molecule has 20 aliphatic rings. The van der Waals surface area contributed by atoms with Crippen LogP contribution in [0.15, 0.2) is 183 Å². The number of hydrogen-bond acceptors (Lipinski definition) is 32. The Kier molecular flexibility index (Phi) is 19.9. The molecule has 0 aromatic carbocycles. The third kappa shape index (κ3) is 12.1. The number of rotatable bonds is 4. The molecule has 0 saturated carbocycles. The normalized spacial score (nSPS) is 33.5. The molecule has 0 nitrogen and oxygen atoms in total. The molecule has 0 aromatic rings. The van der Waals surface area contributed by atoms with Crippen molar-refractivity contribution in [1.82, 2.24) is 0 Å². The van der Waals surface area contributed by atoms with Gasteiger partial charge in [-0.2, -0.15) is 0 Å². The zero-order valence-corrected chi connectivity index (χ0v) is 70.6. The SMILES string of the molecule is C1=CC2=C(C3CSC4=C(SC(=C5SC6=C(SCCS6)S5)S4)S3)C=C(C3CSC4=C(SC(=C5SC6=C(SCCS6)S5)S4)S3)C3=CC=C4C(=C1C(C1CSC5=C(SC(=C6SC7=C(SCCS7)S6)S5)S1)=CC4C1CSC4=C(SC(=C5SC6=C(SCCS6)S5)S4)S1)C32. The van der Waals surface area contributed by atoms with Crippen LogP contribution >= 0.6 is 376 Å². The van der Waals surface area contributed by atoms with E-state index in [1.54, 1.807) is 112 Å². The highest BCUT2D eigenvalue weighted by atomic mass is 32.3. The van der Waals surface area contributed by atoms with Crippen molar-refractivity contribution in [2.24, 2.45) is 11.8 Å². The smallest absolute Gasteiger partial charge is 0.0717 e. The lowest BCUT2D eigenvalue weighted by molar-refractivity contribution is 0.685. The average molecular weight is 1740 g/mol. The number of hydrogen-bond donors (Lipinski definition) is 0. The molecule has 88 heavy (non-hydrogen) atoms. The summed E-state index contributed by atoms with van der Waals surface area (Å²) in [7, 11) is 0. The Bertz CT molecular complexity index is 3900. The Morgan fingerprint density at radius 3 is 1.01 bits per heavy atom. The highest BCUT2D eigenvalue weighted by molar-refractivity contribution is 8.49. The molecule has 16 aliphatic heterocycles. The van der Waals surface area contributed by atoms with Gasteiger partial charge in [-0.1, -0.05) is 225 Å². The van der Waals surface area contributed by atoms with Gasteiger partial charge in [0.25, 0.3) is 0 Å². The lowest BCUT2D eigenvalue weighted by Crippen LogP contribution is -2.36. The number of thioether (sulfide) groups is 32. The molecule has 0 aromatic heterocycles. The van der Waals surface area contributed by atoms with Crippen molar-refractivity contribution in [3.8, 4) is 0 Å². The van der Waals surface area contributed by atoms with Crippen molar-refractivity contribution in [2.45, 2.75) is 21.0 Å². The maximum atomic E-state index is 2.86. The molecule has 0 saturated heterocycles. The summed E-state index contributed by atoms with van der Waals surface area (Å²) in [5, 5.41) is 1.61. The van der Waals surface area contributed by atoms with E-state index in [1.807, 2.05) is 0 Å². The first-order valence-electron chi connectivity index (χ1n) is 27.5. The van der Waals surface area contributed by atoms with Crippen LogP contribution in [-0.4, -0.2) is 90.0 Å². The molecule has 0 fully saturated rings. The third-order valence-electron chi connectivity index (χ3n) is 15.5. The van der Waals surface area contributed by atoms with Gasteiger partial charge in [-0.25, -0.2) is 0 Å². The Balaban J connectivity index is 0.657. The van der Waals surface area contributed by atoms with Crippen molar-refractivity contribution >= 4 is 376 Å². The van der Waals surface area contributed by atoms with Crippen molar-refractivity contribution in [1.29, 1.82) is 0 Å². The summed E-state index contributed by atoms with van der Waals surface area (Å²) in [5.41, 5.74) is 12.8. The molecule has 452 valence electrons. The summed E-state index contributed by atoms with van der Waals surface area (Å²) < 4.78 is 37.0. The van der Waals surface area contributed by atoms with Crippen LogP contribution in [0.5, 0.6) is 0 Å². The van der Waals surface area contributed by atoms with Gasteiger partial charge >= 0.3 is 0 Å². The minimum atomic E-state index is 0.232. The van der Waals surface area contributed by atoms with Crippen molar-refractivity contribution < 1.29 is 0 Å². The van der Waals surface area contributed by atoms with Gasteiger partial charge < -0.3 is 0 Å². The van der Waals surface area contributed by atoms with Gasteiger partial charge in [0.2, 0.25) is 0 Å². The molecule has 0 bridgehead atoms. The molecule has 6 atom stereocenters. The third-order valence-corrected chi connectivity index (χ3v) is 64.9. The van der Waals surface area contributed by atoms with E-state index in [4.69, 9.17) is 0 Å².